The molecule has 2 aromatic rings. The summed E-state index contributed by atoms with van der Waals surface area (Å²) < 4.78 is 42.7. The summed E-state index contributed by atoms with van der Waals surface area (Å²) in [7, 11) is 1.44. The van der Waals surface area contributed by atoms with Gasteiger partial charge in [0.1, 0.15) is 17.4 Å². The summed E-state index contributed by atoms with van der Waals surface area (Å²) in [6, 6.07) is 10.4. The van der Waals surface area contributed by atoms with Gasteiger partial charge in [-0.15, -0.1) is 0 Å². The lowest BCUT2D eigenvalue weighted by molar-refractivity contribution is -0.137. The molecule has 0 aliphatic heterocycles. The number of rotatable bonds is 4. The fourth-order valence-corrected chi connectivity index (χ4v) is 2.28. The van der Waals surface area contributed by atoms with Gasteiger partial charge in [0.2, 0.25) is 0 Å². The number of benzene rings is 2. The molecule has 0 saturated carbocycles. The summed E-state index contributed by atoms with van der Waals surface area (Å²) in [4.78, 5) is 12.2. The van der Waals surface area contributed by atoms with E-state index in [9.17, 15) is 18.0 Å². The number of anilines is 1. The molecule has 2 rings (SSSR count). The van der Waals surface area contributed by atoms with Gasteiger partial charge in [0, 0.05) is 5.69 Å². The SMILES string of the molecule is COc1ccc(NC(=O)C(C#N)=Cc2ccc(C(F)(F)F)cc2)cc1Cl. The Morgan fingerprint density at radius 1 is 1.23 bits per heavy atom. The number of halogens is 4. The first kappa shape index (κ1) is 19.3. The summed E-state index contributed by atoms with van der Waals surface area (Å²) in [5.41, 5.74) is -0.450. The van der Waals surface area contributed by atoms with Crippen molar-refractivity contribution in [3.63, 3.8) is 0 Å². The van der Waals surface area contributed by atoms with Gasteiger partial charge in [-0.2, -0.15) is 18.4 Å². The second kappa shape index (κ2) is 7.93. The summed E-state index contributed by atoms with van der Waals surface area (Å²) in [5, 5.41) is 11.9. The molecule has 0 unspecified atom stereocenters. The van der Waals surface area contributed by atoms with Gasteiger partial charge in [0.05, 0.1) is 17.7 Å². The molecule has 26 heavy (non-hydrogen) atoms. The first-order valence-corrected chi connectivity index (χ1v) is 7.56. The molecule has 0 fully saturated rings. The molecule has 0 radical (unpaired) electrons. The van der Waals surface area contributed by atoms with Crippen LogP contribution in [0.2, 0.25) is 5.02 Å². The highest BCUT2D eigenvalue weighted by Crippen LogP contribution is 2.30. The molecule has 0 aliphatic rings. The molecule has 0 heterocycles. The normalized spacial score (nSPS) is 11.6. The number of nitrogens with one attached hydrogen (secondary N) is 1. The topological polar surface area (TPSA) is 62.1 Å². The summed E-state index contributed by atoms with van der Waals surface area (Å²) >= 11 is 5.96. The highest BCUT2D eigenvalue weighted by atomic mass is 35.5. The first-order valence-electron chi connectivity index (χ1n) is 7.18. The van der Waals surface area contributed by atoms with Gasteiger partial charge in [-0.3, -0.25) is 4.79 Å². The molecule has 2 aromatic carbocycles. The molecule has 0 spiro atoms. The van der Waals surface area contributed by atoms with Crippen LogP contribution in [0.5, 0.6) is 5.75 Å². The van der Waals surface area contributed by atoms with Crippen LogP contribution < -0.4 is 10.1 Å². The van der Waals surface area contributed by atoms with Crippen LogP contribution >= 0.6 is 11.6 Å². The van der Waals surface area contributed by atoms with Crippen molar-refractivity contribution in [3.05, 3.63) is 64.2 Å². The molecular formula is C18H12ClF3N2O2. The van der Waals surface area contributed by atoms with Crippen LogP contribution in [0.1, 0.15) is 11.1 Å². The number of hydrogen-bond acceptors (Lipinski definition) is 3. The number of nitriles is 1. The van der Waals surface area contributed by atoms with Gasteiger partial charge in [0.25, 0.3) is 5.91 Å². The Labute approximate surface area is 152 Å². The second-order valence-corrected chi connectivity index (χ2v) is 5.50. The van der Waals surface area contributed by atoms with Crippen molar-refractivity contribution in [3.8, 4) is 11.8 Å². The fourth-order valence-electron chi connectivity index (χ4n) is 2.03. The van der Waals surface area contributed by atoms with Gasteiger partial charge >= 0.3 is 6.18 Å². The Morgan fingerprint density at radius 2 is 1.88 bits per heavy atom. The van der Waals surface area contributed by atoms with Crippen LogP contribution in [0.15, 0.2) is 48.0 Å². The van der Waals surface area contributed by atoms with E-state index in [1.165, 1.54) is 37.5 Å². The minimum atomic E-state index is -4.45. The number of ether oxygens (including phenoxy) is 1. The Kier molecular flexibility index (Phi) is 5.90. The number of carbonyl (C=O) groups is 1. The molecule has 0 bridgehead atoms. The number of carbonyl (C=O) groups excluding carboxylic acids is 1. The second-order valence-electron chi connectivity index (χ2n) is 5.09. The van der Waals surface area contributed by atoms with E-state index in [2.05, 4.69) is 5.32 Å². The van der Waals surface area contributed by atoms with E-state index < -0.39 is 17.6 Å². The van der Waals surface area contributed by atoms with E-state index in [1.54, 1.807) is 12.1 Å². The van der Waals surface area contributed by atoms with Crippen molar-refractivity contribution in [1.82, 2.24) is 0 Å². The standard InChI is InChI=1S/C18H12ClF3N2O2/c1-26-16-7-6-14(9-15(16)19)24-17(25)12(10-23)8-11-2-4-13(5-3-11)18(20,21)22/h2-9H,1H3,(H,24,25). The molecule has 0 aromatic heterocycles. The molecule has 0 atom stereocenters. The van der Waals surface area contributed by atoms with Crippen molar-refractivity contribution in [2.75, 3.05) is 12.4 Å². The fraction of sp³-hybridized carbons (Fsp3) is 0.111. The number of hydrogen-bond donors (Lipinski definition) is 1. The monoisotopic (exact) mass is 380 g/mol. The number of methoxy groups -OCH3 is 1. The van der Waals surface area contributed by atoms with E-state index >= 15 is 0 Å². The third-order valence-corrected chi connectivity index (χ3v) is 3.62. The first-order chi connectivity index (χ1) is 12.2. The third-order valence-electron chi connectivity index (χ3n) is 3.32. The van der Waals surface area contributed by atoms with Crippen LogP contribution in [0.3, 0.4) is 0 Å². The average Bonchev–Trinajstić information content (AvgIpc) is 2.59. The zero-order valence-electron chi connectivity index (χ0n) is 13.4. The third kappa shape index (κ3) is 4.77. The number of amides is 1. The molecule has 4 nitrogen and oxygen atoms in total. The Balaban J connectivity index is 2.19. The smallest absolute Gasteiger partial charge is 0.416 e. The minimum absolute atomic E-state index is 0.267. The predicted molar refractivity (Wildman–Crippen MR) is 91.7 cm³/mol. The molecular weight excluding hydrogens is 369 g/mol. The van der Waals surface area contributed by atoms with E-state index in [1.807, 2.05) is 0 Å². The van der Waals surface area contributed by atoms with E-state index in [4.69, 9.17) is 21.6 Å². The van der Waals surface area contributed by atoms with Crippen molar-refractivity contribution < 1.29 is 22.7 Å². The molecule has 0 saturated heterocycles. The Bertz CT molecular complexity index is 885. The molecule has 1 amide bonds. The summed E-state index contributed by atoms with van der Waals surface area (Å²) in [5.74, 6) is -0.292. The van der Waals surface area contributed by atoms with Gasteiger partial charge in [-0.05, 0) is 42.0 Å². The van der Waals surface area contributed by atoms with Gasteiger partial charge in [0.15, 0.2) is 0 Å². The average molecular weight is 381 g/mol. The van der Waals surface area contributed by atoms with Crippen LogP contribution in [-0.2, 0) is 11.0 Å². The highest BCUT2D eigenvalue weighted by molar-refractivity contribution is 6.32. The van der Waals surface area contributed by atoms with Crippen molar-refractivity contribution in [1.29, 1.82) is 5.26 Å². The maximum Gasteiger partial charge on any atom is 0.416 e. The predicted octanol–water partition coefficient (Wildman–Crippen LogP) is 4.91. The van der Waals surface area contributed by atoms with Crippen LogP contribution in [0.4, 0.5) is 18.9 Å². The zero-order chi connectivity index (χ0) is 19.3. The quantitative estimate of drug-likeness (QED) is 0.605. The Hall–Kier alpha value is -2.98. The molecule has 1 N–H and O–H groups in total. The largest absolute Gasteiger partial charge is 0.495 e. The molecule has 8 heteroatoms. The van der Waals surface area contributed by atoms with Crippen molar-refractivity contribution >= 4 is 29.3 Å². The lowest BCUT2D eigenvalue weighted by Crippen LogP contribution is -2.13. The summed E-state index contributed by atoms with van der Waals surface area (Å²) in [6.07, 6.45) is -3.26. The van der Waals surface area contributed by atoms with Crippen LogP contribution in [0.25, 0.3) is 6.08 Å². The van der Waals surface area contributed by atoms with Gasteiger partial charge < -0.3 is 10.1 Å². The van der Waals surface area contributed by atoms with Crippen molar-refractivity contribution in [2.24, 2.45) is 0 Å². The maximum atomic E-state index is 12.6. The highest BCUT2D eigenvalue weighted by Gasteiger charge is 2.29. The van der Waals surface area contributed by atoms with Gasteiger partial charge in [-0.25, -0.2) is 0 Å². The number of alkyl halides is 3. The van der Waals surface area contributed by atoms with Crippen LogP contribution in [-0.4, -0.2) is 13.0 Å². The van der Waals surface area contributed by atoms with E-state index in [0.717, 1.165) is 12.1 Å². The van der Waals surface area contributed by atoms with Gasteiger partial charge in [-0.1, -0.05) is 23.7 Å². The Morgan fingerprint density at radius 3 is 2.38 bits per heavy atom. The van der Waals surface area contributed by atoms with E-state index in [0.29, 0.717) is 11.4 Å². The van der Waals surface area contributed by atoms with E-state index in [-0.39, 0.29) is 16.2 Å². The summed E-state index contributed by atoms with van der Waals surface area (Å²) in [6.45, 7) is 0. The minimum Gasteiger partial charge on any atom is -0.495 e. The number of nitrogens with zero attached hydrogens (tertiary/aromatic N) is 1. The van der Waals surface area contributed by atoms with Crippen LogP contribution in [0, 0.1) is 11.3 Å². The lowest BCUT2D eigenvalue weighted by atomic mass is 10.1. The zero-order valence-corrected chi connectivity index (χ0v) is 14.2. The van der Waals surface area contributed by atoms with Crippen molar-refractivity contribution in [2.45, 2.75) is 6.18 Å². The maximum absolute atomic E-state index is 12.6. The molecule has 134 valence electrons. The molecule has 0 aliphatic carbocycles. The lowest BCUT2D eigenvalue weighted by Gasteiger charge is -2.08.